The monoisotopic (exact) mass is 322 g/mol. The second-order valence-corrected chi connectivity index (χ2v) is 6.95. The van der Waals surface area contributed by atoms with Crippen LogP contribution in [0, 0.1) is 11.7 Å². The molecular weight excluding hydrogens is 299 g/mol. The van der Waals surface area contributed by atoms with Crippen LogP contribution in [-0.2, 0) is 4.74 Å². The van der Waals surface area contributed by atoms with Crippen LogP contribution in [0.15, 0.2) is 18.2 Å². The van der Waals surface area contributed by atoms with Crippen molar-refractivity contribution >= 4 is 17.6 Å². The van der Waals surface area contributed by atoms with E-state index in [1.807, 2.05) is 20.8 Å². The molecule has 0 aliphatic carbocycles. The fraction of sp³-hybridized carbons (Fsp3) is 0.529. The number of ketones is 1. The maximum Gasteiger partial charge on any atom is 0.410 e. The number of benzene rings is 1. The molecule has 0 aromatic heterocycles. The molecule has 0 saturated carbocycles. The zero-order valence-corrected chi connectivity index (χ0v) is 13.8. The molecule has 1 aromatic carbocycles. The van der Waals surface area contributed by atoms with Crippen LogP contribution in [-0.4, -0.2) is 35.5 Å². The molecule has 1 aliphatic rings. The van der Waals surface area contributed by atoms with E-state index in [1.165, 1.54) is 12.1 Å². The van der Waals surface area contributed by atoms with E-state index < -0.39 is 11.4 Å². The predicted molar refractivity (Wildman–Crippen MR) is 85.7 cm³/mol. The van der Waals surface area contributed by atoms with Crippen LogP contribution in [0.25, 0.3) is 0 Å². The summed E-state index contributed by atoms with van der Waals surface area (Å²) in [6.07, 6.45) is 0.549. The Labute approximate surface area is 135 Å². The van der Waals surface area contributed by atoms with Gasteiger partial charge in [-0.05, 0) is 51.3 Å². The highest BCUT2D eigenvalue weighted by Crippen LogP contribution is 2.24. The number of carbonyl (C=O) groups is 2. The lowest BCUT2D eigenvalue weighted by Crippen LogP contribution is -2.35. The zero-order chi connectivity index (χ0) is 17.2. The molecule has 2 rings (SSSR count). The van der Waals surface area contributed by atoms with Crippen molar-refractivity contribution in [2.75, 3.05) is 18.8 Å². The first-order chi connectivity index (χ1) is 10.7. The third kappa shape index (κ3) is 4.68. The molecule has 23 heavy (non-hydrogen) atoms. The minimum absolute atomic E-state index is 0.0203. The van der Waals surface area contributed by atoms with Gasteiger partial charge < -0.3 is 15.4 Å². The van der Waals surface area contributed by atoms with E-state index in [0.717, 1.165) is 6.07 Å². The maximum absolute atomic E-state index is 13.8. The molecule has 1 saturated heterocycles. The second-order valence-electron chi connectivity index (χ2n) is 6.95. The van der Waals surface area contributed by atoms with Crippen LogP contribution < -0.4 is 5.73 Å². The molecule has 1 aromatic rings. The fourth-order valence-corrected chi connectivity index (χ4v) is 2.62. The standard InChI is InChI=1S/C17H23FN2O3/c1-17(2,3)23-16(22)20-7-6-11(10-20)8-15(21)13-5-4-12(19)9-14(13)18/h4-5,9,11H,6-8,10,19H2,1-3H3/t11-/m0/s1. The molecule has 6 heteroatoms. The van der Waals surface area contributed by atoms with Crippen molar-refractivity contribution in [3.63, 3.8) is 0 Å². The Morgan fingerprint density at radius 2 is 2.09 bits per heavy atom. The summed E-state index contributed by atoms with van der Waals surface area (Å²) in [7, 11) is 0. The Balaban J connectivity index is 1.92. The Morgan fingerprint density at radius 3 is 2.70 bits per heavy atom. The maximum atomic E-state index is 13.8. The Hall–Kier alpha value is -2.11. The van der Waals surface area contributed by atoms with Crippen molar-refractivity contribution in [3.8, 4) is 0 Å². The minimum atomic E-state index is -0.600. The first kappa shape index (κ1) is 17.2. The fourth-order valence-electron chi connectivity index (χ4n) is 2.62. The number of ether oxygens (including phenoxy) is 1. The number of nitrogen functional groups attached to an aromatic ring is 1. The number of anilines is 1. The van der Waals surface area contributed by atoms with Crippen molar-refractivity contribution in [1.82, 2.24) is 4.90 Å². The van der Waals surface area contributed by atoms with Gasteiger partial charge in [-0.2, -0.15) is 0 Å². The van der Waals surface area contributed by atoms with Crippen molar-refractivity contribution in [2.24, 2.45) is 5.92 Å². The summed E-state index contributed by atoms with van der Waals surface area (Å²) in [4.78, 5) is 25.8. The summed E-state index contributed by atoms with van der Waals surface area (Å²) >= 11 is 0. The van der Waals surface area contributed by atoms with E-state index in [-0.39, 0.29) is 35.5 Å². The number of carbonyl (C=O) groups excluding carboxylic acids is 2. The highest BCUT2D eigenvalue weighted by molar-refractivity contribution is 5.96. The van der Waals surface area contributed by atoms with Crippen molar-refractivity contribution in [2.45, 2.75) is 39.2 Å². The summed E-state index contributed by atoms with van der Waals surface area (Å²) in [6.45, 7) is 6.44. The van der Waals surface area contributed by atoms with Crippen molar-refractivity contribution < 1.29 is 18.7 Å². The van der Waals surface area contributed by atoms with Crippen LogP contribution in [0.3, 0.4) is 0 Å². The molecule has 0 unspecified atom stereocenters. The Morgan fingerprint density at radius 1 is 1.39 bits per heavy atom. The normalized spacial score (nSPS) is 18.1. The first-order valence-corrected chi connectivity index (χ1v) is 7.72. The Kier molecular flexibility index (Phi) is 4.92. The van der Waals surface area contributed by atoms with Gasteiger partial charge in [-0.1, -0.05) is 0 Å². The van der Waals surface area contributed by atoms with Gasteiger partial charge in [0.05, 0.1) is 5.56 Å². The van der Waals surface area contributed by atoms with Gasteiger partial charge in [-0.25, -0.2) is 9.18 Å². The van der Waals surface area contributed by atoms with Crippen LogP contribution in [0.4, 0.5) is 14.9 Å². The van der Waals surface area contributed by atoms with E-state index in [1.54, 1.807) is 4.90 Å². The summed E-state index contributed by atoms with van der Waals surface area (Å²) in [5.41, 5.74) is 5.28. The van der Waals surface area contributed by atoms with E-state index >= 15 is 0 Å². The molecule has 126 valence electrons. The molecule has 1 aliphatic heterocycles. The number of nitrogens with zero attached hydrogens (tertiary/aromatic N) is 1. The van der Waals surface area contributed by atoms with Gasteiger partial charge in [-0.15, -0.1) is 0 Å². The molecule has 0 bridgehead atoms. The molecule has 5 nitrogen and oxygen atoms in total. The summed E-state index contributed by atoms with van der Waals surface area (Å²) in [5, 5.41) is 0. The minimum Gasteiger partial charge on any atom is -0.444 e. The summed E-state index contributed by atoms with van der Waals surface area (Å²) in [6, 6.07) is 4.07. The third-order valence-corrected chi connectivity index (χ3v) is 3.71. The topological polar surface area (TPSA) is 72.6 Å². The number of halogens is 1. The SMILES string of the molecule is CC(C)(C)OC(=O)N1CC[C@@H](CC(=O)c2ccc(N)cc2F)C1. The van der Waals surface area contributed by atoms with Gasteiger partial charge in [0.25, 0.3) is 0 Å². The van der Waals surface area contributed by atoms with E-state index in [0.29, 0.717) is 19.5 Å². The average molecular weight is 322 g/mol. The largest absolute Gasteiger partial charge is 0.444 e. The lowest BCUT2D eigenvalue weighted by Gasteiger charge is -2.24. The number of Topliss-reactive ketones (excluding diaryl/α,β-unsaturated/α-hetero) is 1. The molecule has 0 radical (unpaired) electrons. The van der Waals surface area contributed by atoms with Gasteiger partial charge in [0.1, 0.15) is 11.4 Å². The zero-order valence-electron chi connectivity index (χ0n) is 13.8. The predicted octanol–water partition coefficient (Wildman–Crippen LogP) is 3.24. The number of hydrogen-bond acceptors (Lipinski definition) is 4. The van der Waals surface area contributed by atoms with Gasteiger partial charge in [0.2, 0.25) is 0 Å². The lowest BCUT2D eigenvalue weighted by atomic mass is 9.97. The van der Waals surface area contributed by atoms with Gasteiger partial charge >= 0.3 is 6.09 Å². The summed E-state index contributed by atoms with van der Waals surface area (Å²) in [5.74, 6) is -0.845. The molecule has 2 N–H and O–H groups in total. The van der Waals surface area contributed by atoms with Crippen molar-refractivity contribution in [3.05, 3.63) is 29.6 Å². The molecule has 0 spiro atoms. The Bertz CT molecular complexity index is 610. The van der Waals surface area contributed by atoms with Crippen LogP contribution >= 0.6 is 0 Å². The summed E-state index contributed by atoms with van der Waals surface area (Å²) < 4.78 is 19.1. The van der Waals surface area contributed by atoms with Crippen LogP contribution in [0.5, 0.6) is 0 Å². The smallest absolute Gasteiger partial charge is 0.410 e. The quantitative estimate of drug-likeness (QED) is 0.685. The molecule has 1 amide bonds. The highest BCUT2D eigenvalue weighted by Gasteiger charge is 2.31. The first-order valence-electron chi connectivity index (χ1n) is 7.72. The van der Waals surface area contributed by atoms with Gasteiger partial charge in [0.15, 0.2) is 5.78 Å². The van der Waals surface area contributed by atoms with Crippen LogP contribution in [0.2, 0.25) is 0 Å². The van der Waals surface area contributed by atoms with E-state index in [2.05, 4.69) is 0 Å². The van der Waals surface area contributed by atoms with E-state index in [9.17, 15) is 14.0 Å². The number of likely N-dealkylation sites (tertiary alicyclic amines) is 1. The molecule has 1 atom stereocenters. The van der Waals surface area contributed by atoms with Gasteiger partial charge in [0, 0.05) is 25.2 Å². The number of hydrogen-bond donors (Lipinski definition) is 1. The highest BCUT2D eigenvalue weighted by atomic mass is 19.1. The molecule has 1 fully saturated rings. The van der Waals surface area contributed by atoms with E-state index in [4.69, 9.17) is 10.5 Å². The second kappa shape index (κ2) is 6.56. The van der Waals surface area contributed by atoms with Crippen LogP contribution in [0.1, 0.15) is 44.0 Å². The third-order valence-electron chi connectivity index (χ3n) is 3.71. The number of amides is 1. The average Bonchev–Trinajstić information content (AvgIpc) is 2.85. The lowest BCUT2D eigenvalue weighted by molar-refractivity contribution is 0.0286. The van der Waals surface area contributed by atoms with Gasteiger partial charge in [-0.3, -0.25) is 4.79 Å². The number of nitrogens with two attached hydrogens (primary N) is 1. The van der Waals surface area contributed by atoms with Crippen molar-refractivity contribution in [1.29, 1.82) is 0 Å². The molecule has 1 heterocycles. The molecular formula is C17H23FN2O3. The number of rotatable bonds is 3.